The average molecular weight is 474 g/mol. The number of benzene rings is 2. The van der Waals surface area contributed by atoms with E-state index in [0.717, 1.165) is 11.1 Å². The van der Waals surface area contributed by atoms with Gasteiger partial charge in [-0.25, -0.2) is 13.8 Å². The molecule has 0 aliphatic carbocycles. The zero-order chi connectivity index (χ0) is 24.9. The van der Waals surface area contributed by atoms with Gasteiger partial charge in [0.25, 0.3) is 5.56 Å². The predicted molar refractivity (Wildman–Crippen MR) is 134 cm³/mol. The molecule has 1 aliphatic rings. The van der Waals surface area contributed by atoms with Gasteiger partial charge in [-0.3, -0.25) is 9.36 Å². The number of allylic oxidation sites excluding steroid dienone is 5. The van der Waals surface area contributed by atoms with Crippen LogP contribution in [0.5, 0.6) is 5.75 Å². The Kier molecular flexibility index (Phi) is 7.06. The Balaban J connectivity index is 1.64. The molecule has 0 radical (unpaired) electrons. The Morgan fingerprint density at radius 2 is 2.06 bits per heavy atom. The van der Waals surface area contributed by atoms with Crippen LogP contribution in [0, 0.1) is 5.82 Å². The van der Waals surface area contributed by atoms with E-state index in [0.29, 0.717) is 12.2 Å². The summed E-state index contributed by atoms with van der Waals surface area (Å²) in [7, 11) is 0. The van der Waals surface area contributed by atoms with Crippen LogP contribution in [0.4, 0.5) is 14.5 Å². The highest BCUT2D eigenvalue weighted by atomic mass is 19.1. The number of halogens is 2. The lowest BCUT2D eigenvalue weighted by Gasteiger charge is -2.19. The van der Waals surface area contributed by atoms with Gasteiger partial charge in [0.2, 0.25) is 0 Å². The van der Waals surface area contributed by atoms with Crippen molar-refractivity contribution in [2.45, 2.75) is 25.9 Å². The second-order valence-corrected chi connectivity index (χ2v) is 8.09. The van der Waals surface area contributed by atoms with E-state index in [1.54, 1.807) is 36.4 Å². The maximum Gasteiger partial charge on any atom is 0.277 e. The molecule has 7 heteroatoms. The predicted octanol–water partition coefficient (Wildman–Crippen LogP) is 6.27. The molecule has 0 saturated carbocycles. The van der Waals surface area contributed by atoms with Crippen molar-refractivity contribution in [3.05, 3.63) is 125 Å². The van der Waals surface area contributed by atoms with E-state index in [-0.39, 0.29) is 41.0 Å². The normalized spacial score (nSPS) is 16.4. The van der Waals surface area contributed by atoms with Crippen LogP contribution < -0.4 is 15.6 Å². The van der Waals surface area contributed by atoms with E-state index in [2.05, 4.69) is 23.5 Å². The maximum absolute atomic E-state index is 14.4. The van der Waals surface area contributed by atoms with E-state index in [4.69, 9.17) is 4.74 Å². The van der Waals surface area contributed by atoms with Crippen LogP contribution >= 0.6 is 0 Å². The summed E-state index contributed by atoms with van der Waals surface area (Å²) in [6.07, 6.45) is 8.29. The number of fused-ring (bicyclic) bond motifs is 1. The third-order valence-electron chi connectivity index (χ3n) is 5.65. The summed E-state index contributed by atoms with van der Waals surface area (Å²) in [5, 5.41) is 3.21. The minimum atomic E-state index is -0.532. The first kappa shape index (κ1) is 23.9. The van der Waals surface area contributed by atoms with Crippen molar-refractivity contribution in [1.82, 2.24) is 9.55 Å². The molecule has 4 rings (SSSR count). The smallest absolute Gasteiger partial charge is 0.277 e. The van der Waals surface area contributed by atoms with Crippen molar-refractivity contribution in [2.24, 2.45) is 0 Å². The van der Waals surface area contributed by atoms with Gasteiger partial charge in [0.1, 0.15) is 23.1 Å². The molecule has 3 aromatic rings. The number of anilines is 1. The van der Waals surface area contributed by atoms with Crippen molar-refractivity contribution in [1.29, 1.82) is 0 Å². The van der Waals surface area contributed by atoms with Crippen LogP contribution in [0.3, 0.4) is 0 Å². The van der Waals surface area contributed by atoms with Crippen molar-refractivity contribution in [2.75, 3.05) is 5.32 Å². The Hall–Kier alpha value is -4.26. The highest BCUT2D eigenvalue weighted by Crippen LogP contribution is 2.29. The Morgan fingerprint density at radius 3 is 2.83 bits per heavy atom. The SMILES string of the molecule is C=CCn1c(-c2ccccc2F)ncc(NC(C)c2ccc3c(c2)C/C=C\C=C(\F)C(=C)O3)c1=O. The van der Waals surface area contributed by atoms with E-state index < -0.39 is 11.6 Å². The summed E-state index contributed by atoms with van der Waals surface area (Å²) in [6.45, 7) is 9.43. The summed E-state index contributed by atoms with van der Waals surface area (Å²) < 4.78 is 35.3. The zero-order valence-corrected chi connectivity index (χ0v) is 19.3. The van der Waals surface area contributed by atoms with Gasteiger partial charge in [0.05, 0.1) is 11.8 Å². The molecule has 0 saturated heterocycles. The highest BCUT2D eigenvalue weighted by Gasteiger charge is 2.17. The lowest BCUT2D eigenvalue weighted by molar-refractivity contribution is 0.402. The van der Waals surface area contributed by atoms with Crippen LogP contribution in [0.15, 0.2) is 103 Å². The van der Waals surface area contributed by atoms with Crippen molar-refractivity contribution >= 4 is 5.69 Å². The number of nitrogens with zero attached hydrogens (tertiary/aromatic N) is 2. The monoisotopic (exact) mass is 473 g/mol. The number of nitrogens with one attached hydrogen (secondary N) is 1. The van der Waals surface area contributed by atoms with Gasteiger partial charge in [-0.05, 0) is 54.8 Å². The zero-order valence-electron chi connectivity index (χ0n) is 19.3. The minimum Gasteiger partial charge on any atom is -0.455 e. The molecule has 2 heterocycles. The van der Waals surface area contributed by atoms with Crippen LogP contribution in [0.25, 0.3) is 11.4 Å². The number of hydrogen-bond donors (Lipinski definition) is 1. The first-order valence-electron chi connectivity index (χ1n) is 11.1. The molecule has 0 fully saturated rings. The van der Waals surface area contributed by atoms with Gasteiger partial charge in [-0.1, -0.05) is 43.0 Å². The second-order valence-electron chi connectivity index (χ2n) is 8.09. The van der Waals surface area contributed by atoms with Crippen molar-refractivity contribution in [3.8, 4) is 17.1 Å². The van der Waals surface area contributed by atoms with Crippen LogP contribution in [0.2, 0.25) is 0 Å². The van der Waals surface area contributed by atoms with Gasteiger partial charge in [-0.2, -0.15) is 0 Å². The molecule has 1 unspecified atom stereocenters. The summed E-state index contributed by atoms with van der Waals surface area (Å²) in [4.78, 5) is 17.6. The van der Waals surface area contributed by atoms with E-state index in [1.165, 1.54) is 22.9 Å². The molecule has 2 aromatic carbocycles. The molecule has 1 aliphatic heterocycles. The molecule has 0 spiro atoms. The van der Waals surface area contributed by atoms with Crippen molar-refractivity contribution < 1.29 is 13.5 Å². The molecule has 0 amide bonds. The summed E-state index contributed by atoms with van der Waals surface area (Å²) in [6, 6.07) is 11.5. The van der Waals surface area contributed by atoms with Gasteiger partial charge >= 0.3 is 0 Å². The van der Waals surface area contributed by atoms with E-state index in [9.17, 15) is 13.6 Å². The molecule has 35 heavy (non-hydrogen) atoms. The molecule has 0 bridgehead atoms. The molecule has 1 atom stereocenters. The summed E-state index contributed by atoms with van der Waals surface area (Å²) in [5.74, 6) is -0.300. The summed E-state index contributed by atoms with van der Waals surface area (Å²) >= 11 is 0. The number of rotatable bonds is 6. The molecule has 5 nitrogen and oxygen atoms in total. The number of aromatic nitrogens is 2. The fourth-order valence-corrected chi connectivity index (χ4v) is 3.81. The van der Waals surface area contributed by atoms with Gasteiger partial charge < -0.3 is 10.1 Å². The maximum atomic E-state index is 14.4. The summed E-state index contributed by atoms with van der Waals surface area (Å²) in [5.41, 5.74) is 1.93. The van der Waals surface area contributed by atoms with Gasteiger partial charge in [-0.15, -0.1) is 6.58 Å². The Morgan fingerprint density at radius 1 is 1.26 bits per heavy atom. The largest absolute Gasteiger partial charge is 0.455 e. The number of ether oxygens (including phenoxy) is 1. The second kappa shape index (κ2) is 10.3. The van der Waals surface area contributed by atoms with Crippen molar-refractivity contribution in [3.63, 3.8) is 0 Å². The van der Waals surface area contributed by atoms with E-state index >= 15 is 0 Å². The Labute approximate surface area is 202 Å². The molecular formula is C28H25F2N3O2. The molecule has 178 valence electrons. The lowest BCUT2D eigenvalue weighted by Crippen LogP contribution is -2.26. The first-order chi connectivity index (χ1) is 16.9. The molecule has 1 aromatic heterocycles. The fourth-order valence-electron chi connectivity index (χ4n) is 3.81. The minimum absolute atomic E-state index is 0.0551. The van der Waals surface area contributed by atoms with E-state index in [1.807, 2.05) is 25.1 Å². The van der Waals surface area contributed by atoms with Gasteiger partial charge in [0, 0.05) is 12.6 Å². The third kappa shape index (κ3) is 5.14. The van der Waals surface area contributed by atoms with Crippen LogP contribution in [-0.4, -0.2) is 9.55 Å². The van der Waals surface area contributed by atoms with Crippen LogP contribution in [-0.2, 0) is 13.0 Å². The quantitative estimate of drug-likeness (QED) is 0.429. The third-order valence-corrected chi connectivity index (χ3v) is 5.65. The molecule has 1 N–H and O–H groups in total. The highest BCUT2D eigenvalue weighted by molar-refractivity contribution is 5.58. The van der Waals surface area contributed by atoms with Crippen LogP contribution in [0.1, 0.15) is 24.1 Å². The number of hydrogen-bond acceptors (Lipinski definition) is 4. The lowest BCUT2D eigenvalue weighted by atomic mass is 10.0. The fraction of sp³-hybridized carbons (Fsp3) is 0.143. The Bertz CT molecular complexity index is 1410. The van der Waals surface area contributed by atoms with Gasteiger partial charge in [0.15, 0.2) is 11.6 Å². The molecular weight excluding hydrogens is 448 g/mol. The topological polar surface area (TPSA) is 56.1 Å². The first-order valence-corrected chi connectivity index (χ1v) is 11.1. The average Bonchev–Trinajstić information content (AvgIpc) is 2.91. The standard InChI is InChI=1S/C28H25F2N3O2/c1-4-15-33-27(22-10-6-8-12-24(22)30)31-17-25(28(33)34)32-18(2)20-13-14-26-21(16-20)9-5-7-11-23(29)19(3)35-26/h4-8,10-14,16-18,32H,1,3,9,15H2,2H3/b7-5-,23-11+.